The fourth-order valence-corrected chi connectivity index (χ4v) is 4.60. The van der Waals surface area contributed by atoms with E-state index < -0.39 is 0 Å². The first-order chi connectivity index (χ1) is 11.8. The van der Waals surface area contributed by atoms with Gasteiger partial charge in [-0.15, -0.1) is 11.3 Å². The molecule has 3 aromatic rings. The van der Waals surface area contributed by atoms with Crippen LogP contribution in [0.25, 0.3) is 0 Å². The molecule has 5 nitrogen and oxygen atoms in total. The molecule has 126 valence electrons. The zero-order chi connectivity index (χ0) is 16.5. The molecule has 0 aromatic carbocycles. The van der Waals surface area contributed by atoms with E-state index in [-0.39, 0.29) is 6.04 Å². The SMILES string of the molecule is CCCn1ccnc1CN1CCc2[nH]cnc2[C@@H]1c1ccc(Cl)s1. The molecule has 0 radical (unpaired) electrons. The van der Waals surface area contributed by atoms with Gasteiger partial charge in [0.25, 0.3) is 0 Å². The number of aromatic amines is 1. The second kappa shape index (κ2) is 6.70. The molecular weight excluding hydrogens is 342 g/mol. The van der Waals surface area contributed by atoms with Crippen molar-refractivity contribution in [1.82, 2.24) is 24.4 Å². The number of fused-ring (bicyclic) bond motifs is 1. The van der Waals surface area contributed by atoms with Crippen LogP contribution in [-0.2, 0) is 19.5 Å². The largest absolute Gasteiger partial charge is 0.348 e. The molecule has 0 saturated heterocycles. The lowest BCUT2D eigenvalue weighted by atomic mass is 10.0. The molecule has 0 fully saturated rings. The monoisotopic (exact) mass is 361 g/mol. The summed E-state index contributed by atoms with van der Waals surface area (Å²) in [7, 11) is 0. The molecule has 0 amide bonds. The Balaban J connectivity index is 1.67. The standard InChI is InChI=1S/C17H20ClN5S/c1-2-7-22-9-6-19-15(22)10-23-8-5-12-16(21-11-20-12)17(23)13-3-4-14(18)24-13/h3-4,6,9,11,17H,2,5,7-8,10H2,1H3,(H,20,21)/t17-/m0/s1. The van der Waals surface area contributed by atoms with Gasteiger partial charge in [0, 0.05) is 42.5 Å². The van der Waals surface area contributed by atoms with E-state index >= 15 is 0 Å². The van der Waals surface area contributed by atoms with Gasteiger partial charge in [-0.3, -0.25) is 4.90 Å². The van der Waals surface area contributed by atoms with Gasteiger partial charge in [0.1, 0.15) is 5.82 Å². The van der Waals surface area contributed by atoms with Crippen molar-refractivity contribution in [3.63, 3.8) is 0 Å². The lowest BCUT2D eigenvalue weighted by molar-refractivity contribution is 0.195. The molecule has 1 N–H and O–H groups in total. The predicted octanol–water partition coefficient (Wildman–Crippen LogP) is 3.88. The minimum atomic E-state index is 0.143. The van der Waals surface area contributed by atoms with Gasteiger partial charge < -0.3 is 9.55 Å². The molecule has 4 rings (SSSR count). The average molecular weight is 362 g/mol. The van der Waals surface area contributed by atoms with E-state index in [1.54, 1.807) is 17.7 Å². The van der Waals surface area contributed by atoms with Crippen LogP contribution >= 0.6 is 22.9 Å². The van der Waals surface area contributed by atoms with Crippen LogP contribution in [0.5, 0.6) is 0 Å². The number of hydrogen-bond acceptors (Lipinski definition) is 4. The second-order valence-electron chi connectivity index (χ2n) is 6.07. The highest BCUT2D eigenvalue weighted by molar-refractivity contribution is 7.16. The summed E-state index contributed by atoms with van der Waals surface area (Å²) in [4.78, 5) is 16.2. The zero-order valence-corrected chi connectivity index (χ0v) is 15.1. The Bertz CT molecular complexity index is 820. The molecule has 0 aliphatic carbocycles. The third-order valence-corrected chi connectivity index (χ3v) is 5.78. The van der Waals surface area contributed by atoms with Crippen molar-refractivity contribution in [3.05, 3.63) is 57.3 Å². The fraction of sp³-hybridized carbons (Fsp3) is 0.412. The van der Waals surface area contributed by atoms with Crippen LogP contribution in [0, 0.1) is 0 Å². The Morgan fingerprint density at radius 1 is 1.38 bits per heavy atom. The first-order valence-electron chi connectivity index (χ1n) is 8.27. The summed E-state index contributed by atoms with van der Waals surface area (Å²) in [6, 6.07) is 4.23. The molecule has 4 heterocycles. The van der Waals surface area contributed by atoms with Crippen LogP contribution in [0.15, 0.2) is 30.9 Å². The third-order valence-electron chi connectivity index (χ3n) is 4.50. The van der Waals surface area contributed by atoms with E-state index in [2.05, 4.69) is 43.6 Å². The fourth-order valence-electron chi connectivity index (χ4n) is 3.40. The van der Waals surface area contributed by atoms with Gasteiger partial charge in [-0.05, 0) is 18.6 Å². The van der Waals surface area contributed by atoms with Crippen molar-refractivity contribution in [1.29, 1.82) is 0 Å². The number of halogens is 1. The number of aryl methyl sites for hydroxylation is 1. The van der Waals surface area contributed by atoms with Crippen molar-refractivity contribution in [2.45, 2.75) is 38.9 Å². The van der Waals surface area contributed by atoms with Gasteiger partial charge in [0.15, 0.2) is 0 Å². The van der Waals surface area contributed by atoms with E-state index in [0.717, 1.165) is 48.3 Å². The van der Waals surface area contributed by atoms with Crippen LogP contribution in [0.2, 0.25) is 4.34 Å². The molecule has 7 heteroatoms. The maximum absolute atomic E-state index is 6.19. The molecule has 24 heavy (non-hydrogen) atoms. The number of rotatable bonds is 5. The maximum Gasteiger partial charge on any atom is 0.122 e. The Kier molecular flexibility index (Phi) is 4.43. The van der Waals surface area contributed by atoms with Gasteiger partial charge in [-0.25, -0.2) is 9.97 Å². The Morgan fingerprint density at radius 3 is 3.08 bits per heavy atom. The summed E-state index contributed by atoms with van der Waals surface area (Å²) in [5.74, 6) is 1.11. The van der Waals surface area contributed by atoms with Crippen LogP contribution < -0.4 is 0 Å². The Labute approximate surface area is 150 Å². The first-order valence-corrected chi connectivity index (χ1v) is 9.47. The number of nitrogens with zero attached hydrogens (tertiary/aromatic N) is 4. The van der Waals surface area contributed by atoms with E-state index in [4.69, 9.17) is 11.6 Å². The molecule has 1 aliphatic heterocycles. The maximum atomic E-state index is 6.19. The minimum Gasteiger partial charge on any atom is -0.348 e. The van der Waals surface area contributed by atoms with Crippen LogP contribution in [0.3, 0.4) is 0 Å². The van der Waals surface area contributed by atoms with E-state index in [1.165, 1.54) is 10.6 Å². The van der Waals surface area contributed by atoms with Crippen molar-refractivity contribution >= 4 is 22.9 Å². The smallest absolute Gasteiger partial charge is 0.122 e. The Hall–Kier alpha value is -1.63. The average Bonchev–Trinajstić information content (AvgIpc) is 3.29. The molecule has 0 unspecified atom stereocenters. The van der Waals surface area contributed by atoms with Crippen molar-refractivity contribution < 1.29 is 0 Å². The number of hydrogen-bond donors (Lipinski definition) is 1. The summed E-state index contributed by atoms with van der Waals surface area (Å²) >= 11 is 7.83. The summed E-state index contributed by atoms with van der Waals surface area (Å²) < 4.78 is 3.07. The zero-order valence-electron chi connectivity index (χ0n) is 13.6. The topological polar surface area (TPSA) is 49.7 Å². The van der Waals surface area contributed by atoms with E-state index in [1.807, 2.05) is 12.3 Å². The van der Waals surface area contributed by atoms with Gasteiger partial charge >= 0.3 is 0 Å². The lowest BCUT2D eigenvalue weighted by Gasteiger charge is -2.34. The van der Waals surface area contributed by atoms with Crippen LogP contribution in [-0.4, -0.2) is 31.0 Å². The van der Waals surface area contributed by atoms with Gasteiger partial charge in [0.05, 0.1) is 28.9 Å². The molecule has 0 bridgehead atoms. The first kappa shape index (κ1) is 15.9. The number of nitrogens with one attached hydrogen (secondary N) is 1. The van der Waals surface area contributed by atoms with Crippen molar-refractivity contribution in [2.75, 3.05) is 6.54 Å². The number of H-pyrrole nitrogens is 1. The highest BCUT2D eigenvalue weighted by Crippen LogP contribution is 2.38. The summed E-state index contributed by atoms with van der Waals surface area (Å²) in [6.45, 7) is 5.00. The van der Waals surface area contributed by atoms with Gasteiger partial charge in [-0.1, -0.05) is 18.5 Å². The number of imidazole rings is 2. The molecule has 1 aliphatic rings. The highest BCUT2D eigenvalue weighted by atomic mass is 35.5. The molecular formula is C17H20ClN5S. The van der Waals surface area contributed by atoms with Gasteiger partial charge in [0.2, 0.25) is 0 Å². The molecule has 3 aromatic heterocycles. The second-order valence-corrected chi connectivity index (χ2v) is 7.81. The van der Waals surface area contributed by atoms with E-state index in [9.17, 15) is 0 Å². The van der Waals surface area contributed by atoms with Crippen LogP contribution in [0.4, 0.5) is 0 Å². The summed E-state index contributed by atoms with van der Waals surface area (Å²) in [5.41, 5.74) is 2.35. The number of aromatic nitrogens is 4. The molecule has 0 saturated carbocycles. The number of thiophene rings is 1. The van der Waals surface area contributed by atoms with Crippen molar-refractivity contribution in [2.24, 2.45) is 0 Å². The van der Waals surface area contributed by atoms with Gasteiger partial charge in [-0.2, -0.15) is 0 Å². The normalized spacial score (nSPS) is 18.0. The summed E-state index contributed by atoms with van der Waals surface area (Å²) in [6.07, 6.45) is 7.86. The summed E-state index contributed by atoms with van der Waals surface area (Å²) in [5, 5.41) is 0. The Morgan fingerprint density at radius 2 is 2.29 bits per heavy atom. The minimum absolute atomic E-state index is 0.143. The highest BCUT2D eigenvalue weighted by Gasteiger charge is 2.32. The van der Waals surface area contributed by atoms with E-state index in [0.29, 0.717) is 0 Å². The molecule has 0 spiro atoms. The lowest BCUT2D eigenvalue weighted by Crippen LogP contribution is -2.36. The predicted molar refractivity (Wildman–Crippen MR) is 96.4 cm³/mol. The van der Waals surface area contributed by atoms with Crippen molar-refractivity contribution in [3.8, 4) is 0 Å². The third kappa shape index (κ3) is 2.90. The quantitative estimate of drug-likeness (QED) is 0.750. The van der Waals surface area contributed by atoms with Crippen LogP contribution in [0.1, 0.15) is 41.5 Å². The molecule has 1 atom stereocenters.